The SMILES string of the molecule is CCc1ccc(C2c3c(-c4cc(C)c(C)cc4O)n[nH]c3C(=O)N2C2CCS(=O)(=O)C2)cc1. The molecule has 2 unspecified atom stereocenters. The summed E-state index contributed by atoms with van der Waals surface area (Å²) in [7, 11) is -3.18. The first-order chi connectivity index (χ1) is 15.7. The lowest BCUT2D eigenvalue weighted by Crippen LogP contribution is -2.40. The van der Waals surface area contributed by atoms with Gasteiger partial charge in [-0.2, -0.15) is 5.10 Å². The monoisotopic (exact) mass is 465 g/mol. The number of aryl methyl sites for hydroxylation is 3. The van der Waals surface area contributed by atoms with E-state index in [4.69, 9.17) is 0 Å². The number of nitrogens with zero attached hydrogens (tertiary/aromatic N) is 2. The molecule has 0 radical (unpaired) electrons. The van der Waals surface area contributed by atoms with Crippen LogP contribution in [0.4, 0.5) is 0 Å². The second-order valence-electron chi connectivity index (χ2n) is 9.08. The number of H-pyrrole nitrogens is 1. The number of phenolic OH excluding ortho intramolecular Hbond substituents is 1. The van der Waals surface area contributed by atoms with Crippen molar-refractivity contribution < 1.29 is 18.3 Å². The van der Waals surface area contributed by atoms with Crippen LogP contribution in [0, 0.1) is 13.8 Å². The van der Waals surface area contributed by atoms with E-state index in [0.29, 0.717) is 28.9 Å². The molecule has 2 atom stereocenters. The van der Waals surface area contributed by atoms with Crippen molar-refractivity contribution in [1.29, 1.82) is 0 Å². The fourth-order valence-corrected chi connectivity index (χ4v) is 6.71. The number of amides is 1. The van der Waals surface area contributed by atoms with Gasteiger partial charge in [0.2, 0.25) is 0 Å². The number of carbonyl (C=O) groups is 1. The number of carbonyl (C=O) groups excluding carboxylic acids is 1. The number of hydrogen-bond acceptors (Lipinski definition) is 5. The highest BCUT2D eigenvalue weighted by Gasteiger charge is 2.48. The van der Waals surface area contributed by atoms with Crippen molar-refractivity contribution in [2.45, 2.75) is 45.7 Å². The molecule has 172 valence electrons. The first kappa shape index (κ1) is 21.7. The quantitative estimate of drug-likeness (QED) is 0.612. The zero-order valence-corrected chi connectivity index (χ0v) is 19.7. The molecule has 8 heteroatoms. The number of nitrogens with one attached hydrogen (secondary N) is 1. The van der Waals surface area contributed by atoms with E-state index in [2.05, 4.69) is 17.1 Å². The van der Waals surface area contributed by atoms with Gasteiger partial charge >= 0.3 is 0 Å². The molecular weight excluding hydrogens is 438 g/mol. The molecule has 5 rings (SSSR count). The fourth-order valence-electron chi connectivity index (χ4n) is 5.00. The molecule has 0 bridgehead atoms. The smallest absolute Gasteiger partial charge is 0.273 e. The number of sulfone groups is 1. The third-order valence-corrected chi connectivity index (χ3v) is 8.73. The Balaban J connectivity index is 1.69. The van der Waals surface area contributed by atoms with Gasteiger partial charge in [-0.3, -0.25) is 9.89 Å². The molecule has 2 aromatic carbocycles. The largest absolute Gasteiger partial charge is 0.507 e. The van der Waals surface area contributed by atoms with Crippen LogP contribution in [0.2, 0.25) is 0 Å². The Bertz CT molecular complexity index is 1360. The van der Waals surface area contributed by atoms with E-state index in [1.165, 1.54) is 5.56 Å². The van der Waals surface area contributed by atoms with Gasteiger partial charge in [-0.1, -0.05) is 31.2 Å². The molecule has 33 heavy (non-hydrogen) atoms. The predicted molar refractivity (Wildman–Crippen MR) is 126 cm³/mol. The zero-order chi connectivity index (χ0) is 23.5. The molecule has 1 fully saturated rings. The van der Waals surface area contributed by atoms with Crippen LogP contribution in [0.25, 0.3) is 11.3 Å². The first-order valence-electron chi connectivity index (χ1n) is 11.2. The second-order valence-corrected chi connectivity index (χ2v) is 11.3. The second kappa shape index (κ2) is 7.73. The van der Waals surface area contributed by atoms with E-state index in [1.807, 2.05) is 44.2 Å². The number of aromatic amines is 1. The average Bonchev–Trinajstić information content (AvgIpc) is 3.44. The van der Waals surface area contributed by atoms with Crippen LogP contribution >= 0.6 is 0 Å². The number of benzene rings is 2. The minimum absolute atomic E-state index is 0.0375. The lowest BCUT2D eigenvalue weighted by Gasteiger charge is -2.31. The van der Waals surface area contributed by atoms with Gasteiger partial charge in [-0.15, -0.1) is 0 Å². The summed E-state index contributed by atoms with van der Waals surface area (Å²) < 4.78 is 24.5. The molecular formula is C25H27N3O4S. The molecule has 3 aromatic rings. The van der Waals surface area contributed by atoms with Crippen LogP contribution < -0.4 is 0 Å². The van der Waals surface area contributed by atoms with Gasteiger partial charge in [0.15, 0.2) is 9.84 Å². The number of rotatable bonds is 4. The summed E-state index contributed by atoms with van der Waals surface area (Å²) in [6.07, 6.45) is 1.31. The lowest BCUT2D eigenvalue weighted by atomic mass is 9.93. The van der Waals surface area contributed by atoms with Crippen LogP contribution in [0.3, 0.4) is 0 Å². The Kier molecular flexibility index (Phi) is 5.08. The number of aromatic nitrogens is 2. The van der Waals surface area contributed by atoms with E-state index >= 15 is 0 Å². The van der Waals surface area contributed by atoms with Crippen molar-refractivity contribution >= 4 is 15.7 Å². The molecule has 3 heterocycles. The van der Waals surface area contributed by atoms with Gasteiger partial charge < -0.3 is 10.0 Å². The topological polar surface area (TPSA) is 103 Å². The van der Waals surface area contributed by atoms with Crippen molar-refractivity contribution in [1.82, 2.24) is 15.1 Å². The molecule has 0 spiro atoms. The van der Waals surface area contributed by atoms with E-state index in [9.17, 15) is 18.3 Å². The predicted octanol–water partition coefficient (Wildman–Crippen LogP) is 3.69. The fraction of sp³-hybridized carbons (Fsp3) is 0.360. The minimum Gasteiger partial charge on any atom is -0.507 e. The van der Waals surface area contributed by atoms with Crippen molar-refractivity contribution in [3.8, 4) is 17.0 Å². The highest BCUT2D eigenvalue weighted by Crippen LogP contribution is 2.46. The summed E-state index contributed by atoms with van der Waals surface area (Å²) in [5.41, 5.74) is 6.16. The van der Waals surface area contributed by atoms with Crippen LogP contribution in [0.1, 0.15) is 57.7 Å². The highest BCUT2D eigenvalue weighted by atomic mass is 32.2. The van der Waals surface area contributed by atoms with Crippen molar-refractivity contribution in [2.24, 2.45) is 0 Å². The van der Waals surface area contributed by atoms with E-state index in [1.54, 1.807) is 11.0 Å². The first-order valence-corrected chi connectivity index (χ1v) is 13.0. The molecule has 1 saturated heterocycles. The Hall–Kier alpha value is -3.13. The number of hydrogen-bond donors (Lipinski definition) is 2. The van der Waals surface area contributed by atoms with Crippen molar-refractivity contribution in [3.05, 3.63) is 69.9 Å². The van der Waals surface area contributed by atoms with E-state index in [0.717, 1.165) is 23.1 Å². The molecule has 2 N–H and O–H groups in total. The third-order valence-electron chi connectivity index (χ3n) is 6.98. The Morgan fingerprint density at radius 1 is 1.15 bits per heavy atom. The third kappa shape index (κ3) is 3.53. The Morgan fingerprint density at radius 2 is 1.85 bits per heavy atom. The van der Waals surface area contributed by atoms with Gasteiger partial charge in [0, 0.05) is 17.2 Å². The van der Waals surface area contributed by atoms with Gasteiger partial charge in [0.1, 0.15) is 17.1 Å². The molecule has 0 aliphatic carbocycles. The zero-order valence-electron chi connectivity index (χ0n) is 18.9. The van der Waals surface area contributed by atoms with Crippen LogP contribution in [0.15, 0.2) is 36.4 Å². The Labute approximate surface area is 193 Å². The summed E-state index contributed by atoms with van der Waals surface area (Å²) in [4.78, 5) is 15.3. The average molecular weight is 466 g/mol. The van der Waals surface area contributed by atoms with Gasteiger partial charge in [0.05, 0.1) is 17.5 Å². The molecule has 7 nitrogen and oxygen atoms in total. The summed E-state index contributed by atoms with van der Waals surface area (Å²) >= 11 is 0. The Morgan fingerprint density at radius 3 is 2.48 bits per heavy atom. The lowest BCUT2D eigenvalue weighted by molar-refractivity contribution is 0.0677. The van der Waals surface area contributed by atoms with Gasteiger partial charge in [-0.05, 0) is 61.1 Å². The maximum atomic E-state index is 13.5. The summed E-state index contributed by atoms with van der Waals surface area (Å²) in [5.74, 6) is -0.106. The van der Waals surface area contributed by atoms with Gasteiger partial charge in [0.25, 0.3) is 5.91 Å². The normalized spacial score (nSPS) is 21.5. The summed E-state index contributed by atoms with van der Waals surface area (Å²) in [6.45, 7) is 5.98. The molecule has 2 aliphatic heterocycles. The molecule has 2 aliphatic rings. The standard InChI is InChI=1S/C25H27N3O4S/c1-4-16-5-7-17(8-6-16)24-21-22(19-11-14(2)15(3)12-20(19)29)26-27-23(21)25(30)28(24)18-9-10-33(31,32)13-18/h5-8,11-12,18,24,29H,4,9-10,13H2,1-3H3,(H,26,27). The molecule has 1 aromatic heterocycles. The molecule has 0 saturated carbocycles. The summed E-state index contributed by atoms with van der Waals surface area (Å²) in [6, 6.07) is 10.8. The number of fused-ring (bicyclic) bond motifs is 1. The van der Waals surface area contributed by atoms with E-state index in [-0.39, 0.29) is 23.2 Å². The summed E-state index contributed by atoms with van der Waals surface area (Å²) in [5, 5.41) is 18.1. The molecule has 1 amide bonds. The minimum atomic E-state index is -3.18. The van der Waals surface area contributed by atoms with Crippen LogP contribution in [0.5, 0.6) is 5.75 Å². The van der Waals surface area contributed by atoms with Crippen LogP contribution in [-0.4, -0.2) is 52.1 Å². The van der Waals surface area contributed by atoms with E-state index < -0.39 is 21.9 Å². The number of aromatic hydroxyl groups is 1. The van der Waals surface area contributed by atoms with Gasteiger partial charge in [-0.25, -0.2) is 8.42 Å². The van der Waals surface area contributed by atoms with Crippen molar-refractivity contribution in [2.75, 3.05) is 11.5 Å². The maximum Gasteiger partial charge on any atom is 0.273 e. The van der Waals surface area contributed by atoms with Crippen LogP contribution in [-0.2, 0) is 16.3 Å². The number of phenols is 1. The maximum absolute atomic E-state index is 13.5. The highest BCUT2D eigenvalue weighted by molar-refractivity contribution is 7.91. The van der Waals surface area contributed by atoms with Crippen molar-refractivity contribution in [3.63, 3.8) is 0 Å².